The average molecular weight is 379 g/mol. The van der Waals surface area contributed by atoms with Gasteiger partial charge in [0.15, 0.2) is 5.75 Å². The minimum atomic E-state index is -4.25. The van der Waals surface area contributed by atoms with Gasteiger partial charge in [0.25, 0.3) is 0 Å². The van der Waals surface area contributed by atoms with Crippen molar-refractivity contribution >= 4 is 10.1 Å². The van der Waals surface area contributed by atoms with Gasteiger partial charge in [0.2, 0.25) is 0 Å². The Bertz CT molecular complexity index is 803. The van der Waals surface area contributed by atoms with E-state index in [0.717, 1.165) is 35.9 Å². The van der Waals surface area contributed by atoms with Gasteiger partial charge in [-0.2, -0.15) is 0 Å². The van der Waals surface area contributed by atoms with Crippen LogP contribution in [0.1, 0.15) is 19.3 Å². The van der Waals surface area contributed by atoms with E-state index in [0.29, 0.717) is 0 Å². The van der Waals surface area contributed by atoms with Gasteiger partial charge < -0.3 is 9.39 Å². The number of benzene rings is 2. The predicted octanol–water partition coefficient (Wildman–Crippen LogP) is 3.34. The van der Waals surface area contributed by atoms with Crippen LogP contribution in [-0.4, -0.2) is 37.3 Å². The zero-order chi connectivity index (χ0) is 18.6. The molecule has 2 aromatic carbocycles. The quantitative estimate of drug-likeness (QED) is 0.606. The van der Waals surface area contributed by atoms with Crippen molar-refractivity contribution in [3.63, 3.8) is 0 Å². The Labute approximate surface area is 153 Å². The Morgan fingerprint density at radius 1 is 0.923 bits per heavy atom. The lowest BCUT2D eigenvalue weighted by Gasteiger charge is -2.45. The fraction of sp³-hybridized carbons (Fsp3) is 0.368. The fourth-order valence-electron chi connectivity index (χ4n) is 3.47. The van der Waals surface area contributed by atoms with E-state index in [1.54, 1.807) is 18.2 Å². The highest BCUT2D eigenvalue weighted by Crippen LogP contribution is 2.34. The molecule has 140 valence electrons. The van der Waals surface area contributed by atoms with Crippen molar-refractivity contribution in [2.45, 2.75) is 24.2 Å². The number of nitrogens with zero attached hydrogens (tertiary/aromatic N) is 1. The molecular formula is C19H22FNO4S. The zero-order valence-corrected chi connectivity index (χ0v) is 15.2. The number of hydroxylamine groups is 3. The number of hydrogen-bond acceptors (Lipinski definition) is 4. The van der Waals surface area contributed by atoms with E-state index in [9.17, 15) is 17.4 Å². The molecule has 7 heteroatoms. The van der Waals surface area contributed by atoms with Crippen LogP contribution in [0.5, 0.6) is 5.75 Å². The molecule has 3 fully saturated rings. The van der Waals surface area contributed by atoms with Gasteiger partial charge in [0.05, 0.1) is 4.90 Å². The number of fused-ring (bicyclic) bond motifs is 3. The van der Waals surface area contributed by atoms with E-state index < -0.39 is 10.1 Å². The van der Waals surface area contributed by atoms with Crippen LogP contribution in [-0.2, 0) is 10.1 Å². The normalized spacial score (nSPS) is 24.5. The Hall–Kier alpha value is -1.96. The Kier molecular flexibility index (Phi) is 5.60. The van der Waals surface area contributed by atoms with E-state index in [-0.39, 0.29) is 10.7 Å². The molecule has 0 aromatic heterocycles. The van der Waals surface area contributed by atoms with E-state index in [2.05, 4.69) is 0 Å². The maximum absolute atomic E-state index is 12.8. The maximum atomic E-state index is 12.8. The summed E-state index contributed by atoms with van der Waals surface area (Å²) >= 11 is 0. The molecule has 0 radical (unpaired) electrons. The summed E-state index contributed by atoms with van der Waals surface area (Å²) in [6.07, 6.45) is 3.84. The third kappa shape index (κ3) is 4.81. The van der Waals surface area contributed by atoms with Crippen molar-refractivity contribution in [3.8, 4) is 5.75 Å². The molecule has 0 atom stereocenters. The largest absolute Gasteiger partial charge is 0.744 e. The highest BCUT2D eigenvalue weighted by molar-refractivity contribution is 7.85. The van der Waals surface area contributed by atoms with Gasteiger partial charge in [-0.15, -0.1) is 4.65 Å². The Morgan fingerprint density at radius 3 is 1.92 bits per heavy atom. The van der Waals surface area contributed by atoms with Crippen molar-refractivity contribution < 1.29 is 26.8 Å². The summed E-state index contributed by atoms with van der Waals surface area (Å²) < 4.78 is 44.4. The number of piperidine rings is 3. The maximum Gasteiger partial charge on any atom is 0.190 e. The van der Waals surface area contributed by atoms with Gasteiger partial charge in [-0.1, -0.05) is 18.2 Å². The molecule has 3 heterocycles. The molecule has 0 spiro atoms. The number of hydrogen-bond donors (Lipinski definition) is 0. The first-order valence-electron chi connectivity index (χ1n) is 8.69. The molecule has 0 aliphatic carbocycles. The minimum absolute atomic E-state index is 0.185. The highest BCUT2D eigenvalue weighted by atomic mass is 32.2. The smallest absolute Gasteiger partial charge is 0.190 e. The number of halogens is 1. The van der Waals surface area contributed by atoms with Crippen LogP contribution in [0, 0.1) is 11.7 Å². The van der Waals surface area contributed by atoms with E-state index in [1.807, 2.05) is 0 Å². The molecule has 0 amide bonds. The molecule has 5 rings (SSSR count). The third-order valence-electron chi connectivity index (χ3n) is 4.98. The lowest BCUT2D eigenvalue weighted by Crippen LogP contribution is -2.60. The summed E-state index contributed by atoms with van der Waals surface area (Å²) in [6, 6.07) is 13.6. The Balaban J connectivity index is 0.000000170. The molecule has 3 aliphatic rings. The molecule has 5 nitrogen and oxygen atoms in total. The highest BCUT2D eigenvalue weighted by Gasteiger charge is 2.42. The predicted molar refractivity (Wildman–Crippen MR) is 93.6 cm³/mol. The van der Waals surface area contributed by atoms with Gasteiger partial charge in [-0.05, 0) is 42.3 Å². The van der Waals surface area contributed by atoms with Gasteiger partial charge >= 0.3 is 0 Å². The van der Waals surface area contributed by atoms with Crippen molar-refractivity contribution in [2.75, 3.05) is 19.6 Å². The van der Waals surface area contributed by atoms with Crippen LogP contribution >= 0.6 is 0 Å². The van der Waals surface area contributed by atoms with Crippen LogP contribution in [0.3, 0.4) is 0 Å². The summed E-state index contributed by atoms with van der Waals surface area (Å²) in [7, 11) is -4.25. The minimum Gasteiger partial charge on any atom is -0.744 e. The van der Waals surface area contributed by atoms with Crippen molar-refractivity contribution in [3.05, 3.63) is 60.4 Å². The average Bonchev–Trinajstić information content (AvgIpc) is 2.66. The topological polar surface area (TPSA) is 66.4 Å². The molecular weight excluding hydrogens is 357 g/mol. The summed E-state index contributed by atoms with van der Waals surface area (Å²) in [5.41, 5.74) is 0. The second-order valence-electron chi connectivity index (χ2n) is 6.77. The Morgan fingerprint density at radius 2 is 1.46 bits per heavy atom. The molecule has 3 saturated heterocycles. The first-order chi connectivity index (χ1) is 12.4. The standard InChI is InChI=1S/C13H17FNO.C6H6O3S/c14-12-1-3-13(4-2-12)16-15-8-5-11(6-9-15)7-10-15;7-10(8,9)6-4-2-1-3-5-6/h1-4,11H,5-10H2;1-5H,(H,7,8,9)/q+1;/p-1. The molecule has 0 N–H and O–H groups in total. The lowest BCUT2D eigenvalue weighted by molar-refractivity contribution is -1.09. The van der Waals surface area contributed by atoms with E-state index in [4.69, 9.17) is 4.84 Å². The summed E-state index contributed by atoms with van der Waals surface area (Å²) in [5, 5.41) is 0. The van der Waals surface area contributed by atoms with E-state index >= 15 is 0 Å². The first-order valence-corrected chi connectivity index (χ1v) is 10.1. The fourth-order valence-corrected chi connectivity index (χ4v) is 3.96. The zero-order valence-electron chi connectivity index (χ0n) is 14.4. The molecule has 3 aliphatic heterocycles. The number of rotatable bonds is 3. The van der Waals surface area contributed by atoms with Gasteiger partial charge in [0.1, 0.15) is 35.6 Å². The van der Waals surface area contributed by atoms with Crippen molar-refractivity contribution in [1.82, 2.24) is 0 Å². The summed E-state index contributed by atoms with van der Waals surface area (Å²) in [4.78, 5) is 5.87. The monoisotopic (exact) mass is 379 g/mol. The lowest BCUT2D eigenvalue weighted by atomic mass is 9.88. The SMILES string of the molecule is Fc1ccc(O[N+]23CCC(CC2)CC3)cc1.O=S(=O)([O-])c1ccccc1. The summed E-state index contributed by atoms with van der Waals surface area (Å²) in [5.74, 6) is 1.52. The van der Waals surface area contributed by atoms with Gasteiger partial charge in [0, 0.05) is 19.3 Å². The van der Waals surface area contributed by atoms with Crippen LogP contribution < -0.4 is 4.84 Å². The van der Waals surface area contributed by atoms with Crippen molar-refractivity contribution in [1.29, 1.82) is 0 Å². The molecule has 2 bridgehead atoms. The van der Waals surface area contributed by atoms with Crippen molar-refractivity contribution in [2.24, 2.45) is 5.92 Å². The van der Waals surface area contributed by atoms with Crippen LogP contribution in [0.4, 0.5) is 4.39 Å². The second-order valence-corrected chi connectivity index (χ2v) is 8.15. The molecule has 2 aromatic rings. The second kappa shape index (κ2) is 7.73. The van der Waals surface area contributed by atoms with E-state index in [1.165, 1.54) is 55.7 Å². The summed E-state index contributed by atoms with van der Waals surface area (Å²) in [6.45, 7) is 3.34. The molecule has 26 heavy (non-hydrogen) atoms. The van der Waals surface area contributed by atoms with Crippen LogP contribution in [0.15, 0.2) is 59.5 Å². The van der Waals surface area contributed by atoms with Crippen LogP contribution in [0.2, 0.25) is 0 Å². The van der Waals surface area contributed by atoms with Gasteiger partial charge in [-0.25, -0.2) is 12.8 Å². The number of quaternary nitrogens is 1. The molecule has 0 unspecified atom stereocenters. The van der Waals surface area contributed by atoms with Gasteiger partial charge in [-0.3, -0.25) is 0 Å². The third-order valence-corrected chi connectivity index (χ3v) is 5.83. The van der Waals surface area contributed by atoms with Crippen LogP contribution in [0.25, 0.3) is 0 Å². The first kappa shape index (κ1) is 18.8. The molecule has 0 saturated carbocycles.